The number of carbonyl (C=O) groups excluding carboxylic acids is 3. The summed E-state index contributed by atoms with van der Waals surface area (Å²) in [6.45, 7) is 2.50. The van der Waals surface area contributed by atoms with Crippen molar-refractivity contribution in [2.75, 3.05) is 11.9 Å². The molecule has 1 unspecified atom stereocenters. The third-order valence-corrected chi connectivity index (χ3v) is 4.05. The third kappa shape index (κ3) is 6.27. The fourth-order valence-corrected chi connectivity index (χ4v) is 2.38. The summed E-state index contributed by atoms with van der Waals surface area (Å²) in [5.74, 6) is -0.941. The van der Waals surface area contributed by atoms with Crippen molar-refractivity contribution in [3.63, 3.8) is 0 Å². The van der Waals surface area contributed by atoms with Gasteiger partial charge in [-0.05, 0) is 56.3 Å². The number of rotatable bonds is 7. The zero-order valence-corrected chi connectivity index (χ0v) is 16.1. The Kier molecular flexibility index (Phi) is 7.21. The molecule has 2 aromatic rings. The Morgan fingerprint density at radius 1 is 1.07 bits per heavy atom. The second-order valence-corrected chi connectivity index (χ2v) is 6.46. The molecular weight excluding hydrogens is 393 g/mol. The maximum atomic E-state index is 12.1. The number of benzene rings is 2. The predicted molar refractivity (Wildman–Crippen MR) is 103 cm³/mol. The number of halogens is 2. The average molecular weight is 410 g/mol. The molecule has 0 fully saturated rings. The van der Waals surface area contributed by atoms with Gasteiger partial charge in [-0.15, -0.1) is 0 Å². The summed E-state index contributed by atoms with van der Waals surface area (Å²) in [5, 5.41) is 3.26. The van der Waals surface area contributed by atoms with Gasteiger partial charge in [0.2, 0.25) is 0 Å². The molecule has 27 heavy (non-hydrogen) atoms. The number of hydrogen-bond acceptors (Lipinski definition) is 5. The van der Waals surface area contributed by atoms with Gasteiger partial charge in [0.1, 0.15) is 5.75 Å². The number of hydrogen-bond donors (Lipinski definition) is 1. The average Bonchev–Trinajstić information content (AvgIpc) is 2.63. The van der Waals surface area contributed by atoms with Crippen molar-refractivity contribution < 1.29 is 23.9 Å². The number of nitrogens with one attached hydrogen (secondary N) is 1. The van der Waals surface area contributed by atoms with Crippen LogP contribution in [0.4, 0.5) is 5.69 Å². The Balaban J connectivity index is 1.84. The van der Waals surface area contributed by atoms with Gasteiger partial charge in [-0.1, -0.05) is 23.2 Å². The molecular formula is C19H17Cl2NO5. The molecule has 0 saturated carbocycles. The molecule has 0 aliphatic heterocycles. The summed E-state index contributed by atoms with van der Waals surface area (Å²) in [5.41, 5.74) is 0.855. The minimum Gasteiger partial charge on any atom is -0.482 e. The molecule has 142 valence electrons. The summed E-state index contributed by atoms with van der Waals surface area (Å²) in [6, 6.07) is 10.9. The summed E-state index contributed by atoms with van der Waals surface area (Å²) < 4.78 is 10.3. The molecule has 0 spiro atoms. The van der Waals surface area contributed by atoms with Gasteiger partial charge in [0, 0.05) is 10.6 Å². The first kappa shape index (κ1) is 20.7. The number of esters is 1. The van der Waals surface area contributed by atoms with Gasteiger partial charge in [0.15, 0.2) is 18.5 Å². The van der Waals surface area contributed by atoms with E-state index >= 15 is 0 Å². The second kappa shape index (κ2) is 9.39. The van der Waals surface area contributed by atoms with Gasteiger partial charge in [-0.2, -0.15) is 0 Å². The highest BCUT2D eigenvalue weighted by Gasteiger charge is 2.19. The zero-order chi connectivity index (χ0) is 20.0. The molecule has 6 nitrogen and oxygen atoms in total. The Labute approximate surface area is 166 Å². The lowest BCUT2D eigenvalue weighted by Crippen LogP contribution is -2.31. The van der Waals surface area contributed by atoms with Crippen molar-refractivity contribution in [1.29, 1.82) is 0 Å². The maximum absolute atomic E-state index is 12.1. The molecule has 2 aromatic carbocycles. The van der Waals surface area contributed by atoms with Gasteiger partial charge in [-0.25, -0.2) is 4.79 Å². The smallest absolute Gasteiger partial charge is 0.344 e. The third-order valence-electron chi connectivity index (χ3n) is 3.48. The van der Waals surface area contributed by atoms with Crippen molar-refractivity contribution in [3.05, 3.63) is 58.1 Å². The minimum atomic E-state index is -1.06. The number of Topliss-reactive ketones (excluding diaryl/α,β-unsaturated/α-hetero) is 1. The number of ketones is 1. The van der Waals surface area contributed by atoms with Crippen LogP contribution in [0.15, 0.2) is 42.5 Å². The van der Waals surface area contributed by atoms with E-state index in [2.05, 4.69) is 5.32 Å². The monoisotopic (exact) mass is 409 g/mol. The Hall–Kier alpha value is -2.57. The van der Waals surface area contributed by atoms with E-state index in [0.29, 0.717) is 27.0 Å². The highest BCUT2D eigenvalue weighted by Crippen LogP contribution is 2.25. The van der Waals surface area contributed by atoms with Crippen LogP contribution in [0.2, 0.25) is 10.0 Å². The van der Waals surface area contributed by atoms with Crippen LogP contribution in [0.3, 0.4) is 0 Å². The molecule has 0 aliphatic carbocycles. The van der Waals surface area contributed by atoms with Crippen LogP contribution in [0.25, 0.3) is 0 Å². The Bertz CT molecular complexity index is 852. The molecule has 0 saturated heterocycles. The van der Waals surface area contributed by atoms with Crippen LogP contribution in [0, 0.1) is 0 Å². The topological polar surface area (TPSA) is 81.7 Å². The van der Waals surface area contributed by atoms with Crippen molar-refractivity contribution >= 4 is 46.5 Å². The SMILES string of the molecule is CC(=O)c1ccc(OCC(=O)OC(C)C(=O)Nc2cc(Cl)ccc2Cl)cc1. The van der Waals surface area contributed by atoms with Crippen molar-refractivity contribution in [2.24, 2.45) is 0 Å². The summed E-state index contributed by atoms with van der Waals surface area (Å²) >= 11 is 11.8. The van der Waals surface area contributed by atoms with Gasteiger partial charge in [0.25, 0.3) is 5.91 Å². The molecule has 1 N–H and O–H groups in total. The van der Waals surface area contributed by atoms with Crippen LogP contribution in [-0.2, 0) is 14.3 Å². The second-order valence-electron chi connectivity index (χ2n) is 5.61. The molecule has 0 aliphatic rings. The predicted octanol–water partition coefficient (Wildman–Crippen LogP) is 4.15. The van der Waals surface area contributed by atoms with E-state index < -0.39 is 18.0 Å². The molecule has 2 rings (SSSR count). The van der Waals surface area contributed by atoms with E-state index in [1.807, 2.05) is 0 Å². The van der Waals surface area contributed by atoms with E-state index in [9.17, 15) is 14.4 Å². The van der Waals surface area contributed by atoms with Crippen LogP contribution in [-0.4, -0.2) is 30.4 Å². The molecule has 0 bridgehead atoms. The van der Waals surface area contributed by atoms with Crippen LogP contribution < -0.4 is 10.1 Å². The number of ether oxygens (including phenoxy) is 2. The van der Waals surface area contributed by atoms with Crippen LogP contribution >= 0.6 is 23.2 Å². The fraction of sp³-hybridized carbons (Fsp3) is 0.211. The lowest BCUT2D eigenvalue weighted by molar-refractivity contribution is -0.155. The van der Waals surface area contributed by atoms with Gasteiger partial charge in [-0.3, -0.25) is 9.59 Å². The van der Waals surface area contributed by atoms with Gasteiger partial charge in [0.05, 0.1) is 10.7 Å². The number of carbonyl (C=O) groups is 3. The normalized spacial score (nSPS) is 11.4. The summed E-state index contributed by atoms with van der Waals surface area (Å²) in [6.07, 6.45) is -1.06. The van der Waals surface area contributed by atoms with Gasteiger partial charge >= 0.3 is 5.97 Å². The summed E-state index contributed by atoms with van der Waals surface area (Å²) in [4.78, 5) is 35.2. The molecule has 0 aromatic heterocycles. The van der Waals surface area contributed by atoms with Crippen molar-refractivity contribution in [1.82, 2.24) is 0 Å². The van der Waals surface area contributed by atoms with E-state index in [-0.39, 0.29) is 12.4 Å². The first-order valence-electron chi connectivity index (χ1n) is 7.95. The van der Waals surface area contributed by atoms with Crippen LogP contribution in [0.5, 0.6) is 5.75 Å². The Morgan fingerprint density at radius 3 is 2.37 bits per heavy atom. The highest BCUT2D eigenvalue weighted by molar-refractivity contribution is 6.35. The van der Waals surface area contributed by atoms with Crippen molar-refractivity contribution in [2.45, 2.75) is 20.0 Å². The van der Waals surface area contributed by atoms with E-state index in [1.54, 1.807) is 36.4 Å². The summed E-state index contributed by atoms with van der Waals surface area (Å²) in [7, 11) is 0. The zero-order valence-electron chi connectivity index (χ0n) is 14.6. The maximum Gasteiger partial charge on any atom is 0.344 e. The molecule has 1 atom stereocenters. The van der Waals surface area contributed by atoms with Gasteiger partial charge < -0.3 is 14.8 Å². The molecule has 0 radical (unpaired) electrons. The highest BCUT2D eigenvalue weighted by atomic mass is 35.5. The van der Waals surface area contributed by atoms with E-state index in [0.717, 1.165) is 0 Å². The van der Waals surface area contributed by atoms with Crippen molar-refractivity contribution in [3.8, 4) is 5.75 Å². The number of amides is 1. The first-order chi connectivity index (χ1) is 12.8. The van der Waals surface area contributed by atoms with Crippen LogP contribution in [0.1, 0.15) is 24.2 Å². The Morgan fingerprint density at radius 2 is 1.74 bits per heavy atom. The quantitative estimate of drug-likeness (QED) is 0.548. The van der Waals surface area contributed by atoms with E-state index in [1.165, 1.54) is 19.9 Å². The lowest BCUT2D eigenvalue weighted by Gasteiger charge is -2.14. The number of anilines is 1. The fourth-order valence-electron chi connectivity index (χ4n) is 2.04. The molecule has 1 amide bonds. The standard InChI is InChI=1S/C19H17Cl2NO5/c1-11(23)13-3-6-15(7-4-13)26-10-18(24)27-12(2)19(25)22-17-9-14(20)5-8-16(17)21/h3-9,12H,10H2,1-2H3,(H,22,25). The molecule has 8 heteroatoms. The van der Waals surface area contributed by atoms with E-state index in [4.69, 9.17) is 32.7 Å². The first-order valence-corrected chi connectivity index (χ1v) is 8.71. The molecule has 0 heterocycles. The lowest BCUT2D eigenvalue weighted by atomic mass is 10.1. The largest absolute Gasteiger partial charge is 0.482 e. The minimum absolute atomic E-state index is 0.0689.